The molecule has 0 N–H and O–H groups in total. The zero-order valence-electron chi connectivity index (χ0n) is 14.7. The van der Waals surface area contributed by atoms with Gasteiger partial charge in [-0.1, -0.05) is 49.7 Å². The van der Waals surface area contributed by atoms with Crippen molar-refractivity contribution in [2.24, 2.45) is 0 Å². The number of ether oxygens (including phenoxy) is 1. The van der Waals surface area contributed by atoms with Crippen LogP contribution in [-0.4, -0.2) is 24.2 Å². The van der Waals surface area contributed by atoms with E-state index < -0.39 is 0 Å². The molecule has 0 saturated heterocycles. The van der Waals surface area contributed by atoms with Gasteiger partial charge in [-0.3, -0.25) is 9.59 Å². The lowest BCUT2D eigenvalue weighted by atomic mass is 10.1. The summed E-state index contributed by atoms with van der Waals surface area (Å²) >= 11 is 7.62. The third-order valence-corrected chi connectivity index (χ3v) is 5.27. The molecular weight excluding hydrogens is 370 g/mol. The second-order valence-electron chi connectivity index (χ2n) is 6.00. The lowest BCUT2D eigenvalue weighted by Gasteiger charge is -2.16. The van der Waals surface area contributed by atoms with Crippen molar-refractivity contribution in [3.8, 4) is 5.75 Å². The van der Waals surface area contributed by atoms with Crippen LogP contribution in [0.2, 0.25) is 5.02 Å². The molecule has 2 aromatic carbocycles. The summed E-state index contributed by atoms with van der Waals surface area (Å²) in [6, 6.07) is 14.0. The molecule has 1 aliphatic heterocycles. The maximum Gasteiger partial charge on any atom is 0.272 e. The van der Waals surface area contributed by atoms with E-state index in [0.29, 0.717) is 32.5 Å². The van der Waals surface area contributed by atoms with Gasteiger partial charge in [-0.15, -0.1) is 11.8 Å². The van der Waals surface area contributed by atoms with Gasteiger partial charge in [0.2, 0.25) is 0 Å². The van der Waals surface area contributed by atoms with Gasteiger partial charge in [-0.25, -0.2) is 4.90 Å². The number of rotatable bonds is 5. The summed E-state index contributed by atoms with van der Waals surface area (Å²) < 4.78 is 5.18. The first-order valence-electron chi connectivity index (χ1n) is 8.12. The van der Waals surface area contributed by atoms with Crippen LogP contribution in [0.4, 0.5) is 5.69 Å². The molecular formula is C20H18ClNO3S. The van der Waals surface area contributed by atoms with Gasteiger partial charge in [0.15, 0.2) is 0 Å². The van der Waals surface area contributed by atoms with Gasteiger partial charge in [0.1, 0.15) is 5.75 Å². The summed E-state index contributed by atoms with van der Waals surface area (Å²) in [5.74, 6) is -0.0174. The van der Waals surface area contributed by atoms with Crippen molar-refractivity contribution in [2.75, 3.05) is 12.0 Å². The second kappa shape index (κ2) is 7.56. The van der Waals surface area contributed by atoms with Gasteiger partial charge >= 0.3 is 0 Å². The standard InChI is InChI=1S/C20H18ClNO3S/c1-12(2)26-18-17(13-8-10-14(25-3)11-9-13)19(23)22(20(18)24)16-7-5-4-6-15(16)21/h4-12H,1-3H3. The minimum Gasteiger partial charge on any atom is -0.497 e. The van der Waals surface area contributed by atoms with E-state index in [4.69, 9.17) is 16.3 Å². The lowest BCUT2D eigenvalue weighted by Crippen LogP contribution is -2.31. The van der Waals surface area contributed by atoms with Crippen molar-refractivity contribution >= 4 is 46.4 Å². The Morgan fingerprint density at radius 3 is 2.23 bits per heavy atom. The summed E-state index contributed by atoms with van der Waals surface area (Å²) in [7, 11) is 1.58. The van der Waals surface area contributed by atoms with E-state index in [2.05, 4.69) is 0 Å². The van der Waals surface area contributed by atoms with Gasteiger partial charge in [-0.05, 0) is 29.8 Å². The van der Waals surface area contributed by atoms with Crippen LogP contribution in [-0.2, 0) is 9.59 Å². The summed E-state index contributed by atoms with van der Waals surface area (Å²) in [5, 5.41) is 0.514. The molecule has 0 saturated carbocycles. The largest absolute Gasteiger partial charge is 0.497 e. The van der Waals surface area contributed by atoms with Crippen LogP contribution < -0.4 is 9.64 Å². The Morgan fingerprint density at radius 1 is 1.00 bits per heavy atom. The van der Waals surface area contributed by atoms with Gasteiger partial charge < -0.3 is 4.74 Å². The van der Waals surface area contributed by atoms with Crippen molar-refractivity contribution in [3.63, 3.8) is 0 Å². The van der Waals surface area contributed by atoms with E-state index in [1.54, 1.807) is 55.6 Å². The van der Waals surface area contributed by atoms with Gasteiger partial charge in [-0.2, -0.15) is 0 Å². The van der Waals surface area contributed by atoms with Crippen LogP contribution in [0.1, 0.15) is 19.4 Å². The fourth-order valence-corrected chi connectivity index (χ4v) is 3.93. The maximum absolute atomic E-state index is 13.2. The smallest absolute Gasteiger partial charge is 0.272 e. The Balaban J connectivity index is 2.11. The topological polar surface area (TPSA) is 46.6 Å². The van der Waals surface area contributed by atoms with Crippen LogP contribution in [0.3, 0.4) is 0 Å². The third kappa shape index (κ3) is 3.37. The number of hydrogen-bond donors (Lipinski definition) is 0. The van der Waals surface area contributed by atoms with E-state index in [9.17, 15) is 9.59 Å². The molecule has 2 amide bonds. The van der Waals surface area contributed by atoms with Gasteiger partial charge in [0.05, 0.1) is 28.3 Å². The van der Waals surface area contributed by atoms with Crippen LogP contribution in [0.15, 0.2) is 53.4 Å². The molecule has 0 unspecified atom stereocenters. The van der Waals surface area contributed by atoms with Crippen LogP contribution >= 0.6 is 23.4 Å². The molecule has 0 bridgehead atoms. The van der Waals surface area contributed by atoms with Crippen LogP contribution in [0, 0.1) is 0 Å². The molecule has 1 aliphatic rings. The summed E-state index contributed by atoms with van der Waals surface area (Å²) in [4.78, 5) is 27.8. The predicted octanol–water partition coefficient (Wildman–Crippen LogP) is 4.77. The Morgan fingerprint density at radius 2 is 1.65 bits per heavy atom. The van der Waals surface area contributed by atoms with E-state index in [1.807, 2.05) is 13.8 Å². The maximum atomic E-state index is 13.2. The van der Waals surface area contributed by atoms with Crippen molar-refractivity contribution in [2.45, 2.75) is 19.1 Å². The first kappa shape index (κ1) is 18.5. The zero-order valence-corrected chi connectivity index (χ0v) is 16.2. The molecule has 0 aliphatic carbocycles. The Bertz CT molecular complexity index is 890. The average molecular weight is 388 g/mol. The highest BCUT2D eigenvalue weighted by atomic mass is 35.5. The second-order valence-corrected chi connectivity index (χ2v) is 7.99. The number of carbonyl (C=O) groups excluding carboxylic acids is 2. The SMILES string of the molecule is COc1ccc(C2=C(SC(C)C)C(=O)N(c3ccccc3Cl)C2=O)cc1. The molecule has 0 atom stereocenters. The van der Waals surface area contributed by atoms with Crippen LogP contribution in [0.25, 0.3) is 5.57 Å². The summed E-state index contributed by atoms with van der Waals surface area (Å²) in [6.07, 6.45) is 0. The van der Waals surface area contributed by atoms with Crippen molar-refractivity contribution < 1.29 is 14.3 Å². The quantitative estimate of drug-likeness (QED) is 0.693. The monoisotopic (exact) mass is 387 g/mol. The van der Waals surface area contributed by atoms with E-state index in [1.165, 1.54) is 11.8 Å². The molecule has 3 rings (SSSR count). The molecule has 0 aromatic heterocycles. The van der Waals surface area contributed by atoms with E-state index in [0.717, 1.165) is 4.90 Å². The normalized spacial score (nSPS) is 14.6. The van der Waals surface area contributed by atoms with Crippen molar-refractivity contribution in [3.05, 3.63) is 64.0 Å². The lowest BCUT2D eigenvalue weighted by molar-refractivity contribution is -0.119. The van der Waals surface area contributed by atoms with E-state index in [-0.39, 0.29) is 17.1 Å². The molecule has 26 heavy (non-hydrogen) atoms. The summed E-state index contributed by atoms with van der Waals surface area (Å²) in [6.45, 7) is 3.97. The third-order valence-electron chi connectivity index (χ3n) is 3.87. The molecule has 6 heteroatoms. The molecule has 134 valence electrons. The Hall–Kier alpha value is -2.24. The predicted molar refractivity (Wildman–Crippen MR) is 107 cm³/mol. The van der Waals surface area contributed by atoms with Gasteiger partial charge in [0.25, 0.3) is 11.8 Å². The number of thioether (sulfide) groups is 1. The number of para-hydroxylation sites is 1. The average Bonchev–Trinajstić information content (AvgIpc) is 2.85. The number of halogens is 1. The Labute approximate surface area is 161 Å². The highest BCUT2D eigenvalue weighted by Crippen LogP contribution is 2.41. The molecule has 0 radical (unpaired) electrons. The fourth-order valence-electron chi connectivity index (χ4n) is 2.72. The fraction of sp³-hybridized carbons (Fsp3) is 0.200. The number of methoxy groups -OCH3 is 1. The number of benzene rings is 2. The molecule has 2 aromatic rings. The van der Waals surface area contributed by atoms with E-state index >= 15 is 0 Å². The van der Waals surface area contributed by atoms with Gasteiger partial charge in [0, 0.05) is 5.25 Å². The molecule has 0 spiro atoms. The number of amides is 2. The molecule has 0 fully saturated rings. The Kier molecular flexibility index (Phi) is 5.39. The first-order chi connectivity index (χ1) is 12.4. The number of nitrogens with zero attached hydrogens (tertiary/aromatic N) is 1. The highest BCUT2D eigenvalue weighted by Gasteiger charge is 2.41. The summed E-state index contributed by atoms with van der Waals surface area (Å²) in [5.41, 5.74) is 1.48. The first-order valence-corrected chi connectivity index (χ1v) is 9.38. The number of hydrogen-bond acceptors (Lipinski definition) is 4. The molecule has 1 heterocycles. The minimum absolute atomic E-state index is 0.154. The highest BCUT2D eigenvalue weighted by molar-refractivity contribution is 8.04. The van der Waals surface area contributed by atoms with Crippen molar-refractivity contribution in [1.82, 2.24) is 0 Å². The van der Waals surface area contributed by atoms with Crippen LogP contribution in [0.5, 0.6) is 5.75 Å². The molecule has 4 nitrogen and oxygen atoms in total. The zero-order chi connectivity index (χ0) is 18.8. The number of imide groups is 1. The number of anilines is 1. The van der Waals surface area contributed by atoms with Crippen molar-refractivity contribution in [1.29, 1.82) is 0 Å². The number of carbonyl (C=O) groups is 2. The minimum atomic E-state index is -0.364.